The number of hydrogen-bond acceptors (Lipinski definition) is 7. The van der Waals surface area contributed by atoms with Gasteiger partial charge in [0.15, 0.2) is 0 Å². The van der Waals surface area contributed by atoms with Gasteiger partial charge in [0.05, 0.1) is 38.9 Å². The minimum absolute atomic E-state index is 0. The molecule has 0 spiro atoms. The monoisotopic (exact) mass is 1690 g/mol. The first-order valence-electron chi connectivity index (χ1n) is 44.8. The van der Waals surface area contributed by atoms with Crippen LogP contribution in [0.15, 0.2) is 206 Å². The number of carboxylic acid groups (broad SMARTS) is 2. The Kier molecular flexibility index (Phi) is 25.6. The van der Waals surface area contributed by atoms with Gasteiger partial charge in [-0.1, -0.05) is 240 Å². The zero-order valence-corrected chi connectivity index (χ0v) is 67.5. The van der Waals surface area contributed by atoms with Crippen LogP contribution in [0.1, 0.15) is 263 Å². The molecule has 105 heavy (non-hydrogen) atoms. The Labute approximate surface area is 706 Å². The van der Waals surface area contributed by atoms with E-state index in [-0.39, 0.29) is 199 Å². The summed E-state index contributed by atoms with van der Waals surface area (Å²) in [6, 6.07) is 17.3. The number of carbonyl (C=O) groups is 2. The summed E-state index contributed by atoms with van der Waals surface area (Å²) in [6.45, 7) is 26.9. The Balaban J connectivity index is 0.000000239. The first-order valence-corrected chi connectivity index (χ1v) is 38.0. The van der Waals surface area contributed by atoms with Crippen LogP contribution >= 0.6 is 80.6 Å². The normalized spacial score (nSPS) is 25.0. The number of piperazine rings is 1. The van der Waals surface area contributed by atoms with E-state index >= 15 is 0 Å². The molecule has 563 valence electrons. The second-order valence-electron chi connectivity index (χ2n) is 28.1. The average Bonchev–Trinajstić information content (AvgIpc) is 1.63. The van der Waals surface area contributed by atoms with Crippen LogP contribution in [0.2, 0.25) is 20.1 Å². The number of halogens is 6. The van der Waals surface area contributed by atoms with Crippen molar-refractivity contribution in [1.29, 1.82) is 0 Å². The molecule has 0 bridgehead atoms. The van der Waals surface area contributed by atoms with Gasteiger partial charge in [0.2, 0.25) is 0 Å². The van der Waals surface area contributed by atoms with Gasteiger partial charge in [-0.15, -0.1) is 11.6 Å². The van der Waals surface area contributed by atoms with E-state index in [1.807, 2.05) is 67.7 Å². The molecule has 0 aromatic heterocycles. The van der Waals surface area contributed by atoms with Crippen molar-refractivity contribution in [3.63, 3.8) is 0 Å². The predicted molar refractivity (Wildman–Crippen MR) is 447 cm³/mol. The summed E-state index contributed by atoms with van der Waals surface area (Å²) in [5, 5.41) is 34.7. The third kappa shape index (κ3) is 25.8. The number of aliphatic carboxylic acids is 2. The first kappa shape index (κ1) is 62.7. The molecule has 7 aliphatic rings. The van der Waals surface area contributed by atoms with Crippen LogP contribution in [0.3, 0.4) is 0 Å². The number of fused-ring (bicyclic) bond motifs is 4. The molecule has 1 radical (unpaired) electrons. The van der Waals surface area contributed by atoms with Crippen molar-refractivity contribution >= 4 is 92.5 Å². The van der Waals surface area contributed by atoms with Crippen LogP contribution in [-0.4, -0.2) is 88.4 Å². The van der Waals surface area contributed by atoms with Crippen LogP contribution in [0, 0.1) is 15.3 Å². The van der Waals surface area contributed by atoms with Gasteiger partial charge in [0, 0.05) is 125 Å². The molecule has 0 amide bonds. The zero-order chi connectivity index (χ0) is 91.8. The van der Waals surface area contributed by atoms with Crippen LogP contribution < -0.4 is 10.6 Å². The number of aliphatic hydroxyl groups excluding tert-OH is 1. The van der Waals surface area contributed by atoms with E-state index in [9.17, 15) is 14.7 Å². The van der Waals surface area contributed by atoms with E-state index in [1.165, 1.54) is 12.8 Å². The van der Waals surface area contributed by atoms with Crippen molar-refractivity contribution < 1.29 is 70.9 Å². The van der Waals surface area contributed by atoms with Gasteiger partial charge in [-0.2, -0.15) is 6.92 Å². The standard InChI is InChI=1S/2C22H26ClN.C15H12Cl2.C15H13ClO.C6H14N2.C4H4O4.C2H4I.C2H6.CH4.V/c2*1-22(2)11-6-12-24(15-22)21-14-19(16-7-4-3-5-8-16)18-10-9-17(23)13-20(18)21;2*16-11-6-7-12-13(9-15(17)14(12)8-11)10-4-2-1-3-5-10;1-6(2)5-7-3-4-8-6;5-3(6)1-2-4(7)8;1-2-3;1-2;;/h2*3-5,7-10,13,19,21H,6,11-12,14-15H2,1-2H3;1-8,13,15H,9H2;1-8,13,15,17H,9H2;7-8H,3-5H2,1-2H3;1-2H,(H,5,6)(H,7,8);2H,1H3;1-2H3;1H4;/q;;;;;;-1;;;/b;;;;;2-1-;;;;/t2*19-,21+;;;;;;;;/m10......../s1/i2*3D,4D,5D,7D,8D;2*1D,2D,3D,4D,5D;;;;;;. The van der Waals surface area contributed by atoms with Crippen molar-refractivity contribution in [3.05, 3.63) is 297 Å². The van der Waals surface area contributed by atoms with Gasteiger partial charge in [-0.3, -0.25) is 14.2 Å². The first-order chi connectivity index (χ1) is 57.6. The Hall–Kier alpha value is -5.00. The third-order valence-corrected chi connectivity index (χ3v) is 20.3. The Bertz CT molecular complexity index is 4830. The number of hydrogen-bond donors (Lipinski definition) is 5. The van der Waals surface area contributed by atoms with E-state index < -0.39 is 30.0 Å². The maximum Gasteiger partial charge on any atom is 0.328 e. The molecule has 4 aliphatic carbocycles. The average molecular weight is 1690 g/mol. The Morgan fingerprint density at radius 1 is 0.514 bits per heavy atom. The second kappa shape index (κ2) is 42.8. The maximum atomic E-state index is 10.2. The molecule has 3 saturated heterocycles. The molecular weight excluding hydrogens is 1560 g/mol. The molecule has 9 nitrogen and oxygen atoms in total. The molecule has 8 aromatic rings. The zero-order valence-electron chi connectivity index (χ0n) is 80.2. The topological polar surface area (TPSA) is 125 Å². The summed E-state index contributed by atoms with van der Waals surface area (Å²) < 4.78 is 163. The predicted octanol–water partition coefficient (Wildman–Crippen LogP) is 24.1. The summed E-state index contributed by atoms with van der Waals surface area (Å²) in [5.74, 6) is -3.73. The molecule has 0 saturated carbocycles. The van der Waals surface area contributed by atoms with E-state index in [1.54, 1.807) is 30.3 Å². The number of rotatable bonds is 8. The van der Waals surface area contributed by atoms with E-state index in [4.69, 9.17) is 95.6 Å². The SMILES string of the molecule is C.CC.CC1(C)CNCCN1.C[CH-]I.O=C(O)/C=C\C(=O)O.[2H]c1c([2H])c([2H])c(C2CC(Cl)c3cc(Cl)ccc32)c([2H])c1[2H].[2H]c1c([2H])c([2H])c(C2CC(O)c3cc(Cl)ccc32)c([2H])c1[2H].[2H]c1c([2H])c([2H])c([C@@H]2C[C@@H](N3CCCC(C)(C)C3)c3cc(Cl)ccc32)c([2H])c1[2H].[2H]c1c([2H])c([2H])c([C@H]2C[C@H](N3CCCC(C)(C)C3)c3cc(Cl)ccc32)c([2H])c1[2H].[V]. The summed E-state index contributed by atoms with van der Waals surface area (Å²) in [6.07, 6.45) is 7.23. The van der Waals surface area contributed by atoms with E-state index in [0.29, 0.717) is 79.3 Å². The summed E-state index contributed by atoms with van der Waals surface area (Å²) in [5.41, 5.74) is 9.62. The van der Waals surface area contributed by atoms with Crippen LogP contribution in [-0.2, 0) is 28.1 Å². The Morgan fingerprint density at radius 3 is 1.14 bits per heavy atom. The van der Waals surface area contributed by atoms with Gasteiger partial charge in [-0.05, 0) is 204 Å². The fraction of sp³-hybridized carbons (Fsp3) is 0.404. The molecule has 3 fully saturated rings. The molecule has 4 unspecified atom stereocenters. The number of likely N-dealkylation sites (tertiary alicyclic amines) is 2. The summed E-state index contributed by atoms with van der Waals surface area (Å²) >= 11 is 33.1. The van der Waals surface area contributed by atoms with Gasteiger partial charge in [-0.25, -0.2) is 9.59 Å². The smallest absolute Gasteiger partial charge is 0.328 e. The summed E-state index contributed by atoms with van der Waals surface area (Å²) in [4.78, 5) is 24.1. The van der Waals surface area contributed by atoms with Crippen molar-refractivity contribution in [2.75, 3.05) is 45.8 Å². The molecule has 5 N–H and O–H groups in total. The molecular formula is C89H109Cl5IN4O5V-. The van der Waals surface area contributed by atoms with Gasteiger partial charge in [0.25, 0.3) is 0 Å². The van der Waals surface area contributed by atoms with E-state index in [2.05, 4.69) is 84.6 Å². The molecule has 3 heterocycles. The van der Waals surface area contributed by atoms with Gasteiger partial charge in [0.1, 0.15) is 0 Å². The quantitative estimate of drug-likeness (QED) is 0.0438. The number of nitrogens with one attached hydrogen (secondary N) is 2. The molecule has 16 heteroatoms. The second-order valence-corrected chi connectivity index (χ2v) is 31.6. The molecule has 8 aromatic carbocycles. The third-order valence-electron chi connectivity index (χ3n) is 19.0. The number of benzene rings is 8. The number of piperidine rings is 2. The van der Waals surface area contributed by atoms with Crippen LogP contribution in [0.25, 0.3) is 0 Å². The maximum absolute atomic E-state index is 10.2. The van der Waals surface area contributed by atoms with Crippen molar-refractivity contribution in [3.8, 4) is 0 Å². The van der Waals surface area contributed by atoms with Gasteiger partial charge >= 0.3 is 11.9 Å². The molecule has 3 aliphatic heterocycles. The van der Waals surface area contributed by atoms with Crippen molar-refractivity contribution in [1.82, 2.24) is 20.4 Å². The summed E-state index contributed by atoms with van der Waals surface area (Å²) in [7, 11) is 0. The fourth-order valence-electron chi connectivity index (χ4n) is 14.6. The van der Waals surface area contributed by atoms with E-state index in [0.717, 1.165) is 97.6 Å². The minimum Gasteiger partial charge on any atom is -0.478 e. The largest absolute Gasteiger partial charge is 0.478 e. The number of nitrogens with zero attached hydrogens (tertiary/aromatic N) is 2. The molecule has 15 rings (SSSR count). The molecule has 8 atom stereocenters. The fourth-order valence-corrected chi connectivity index (χ4v) is 15.7. The van der Waals surface area contributed by atoms with Crippen LogP contribution in [0.5, 0.6) is 0 Å². The minimum atomic E-state index is -1.26. The number of alkyl halides is 1. The van der Waals surface area contributed by atoms with Crippen molar-refractivity contribution in [2.45, 2.75) is 174 Å². The van der Waals surface area contributed by atoms with Crippen LogP contribution in [0.4, 0.5) is 0 Å². The number of carboxylic acids is 2. The number of aliphatic hydroxyl groups is 1. The van der Waals surface area contributed by atoms with Crippen molar-refractivity contribution in [2.24, 2.45) is 10.8 Å². The Morgan fingerprint density at radius 2 is 0.829 bits per heavy atom. The van der Waals surface area contributed by atoms with Gasteiger partial charge < -0.3 is 48.5 Å².